The largest absolute Gasteiger partial charge is 0.482 e. The zero-order valence-electron chi connectivity index (χ0n) is 19.4. The van der Waals surface area contributed by atoms with Crippen molar-refractivity contribution in [3.05, 3.63) is 29.3 Å². The molecule has 1 unspecified atom stereocenters. The molecule has 0 radical (unpaired) electrons. The number of hydrogen-bond acceptors (Lipinski definition) is 7. The van der Waals surface area contributed by atoms with Crippen LogP contribution in [0.3, 0.4) is 0 Å². The quantitative estimate of drug-likeness (QED) is 0.403. The molecule has 8 heteroatoms. The molecule has 0 bridgehead atoms. The normalized spacial score (nSPS) is 25.6. The van der Waals surface area contributed by atoms with E-state index in [4.69, 9.17) is 19.3 Å². The summed E-state index contributed by atoms with van der Waals surface area (Å²) in [6.45, 7) is 2.92. The second-order valence-electron chi connectivity index (χ2n) is 9.33. The van der Waals surface area contributed by atoms with Gasteiger partial charge in [-0.2, -0.15) is 0 Å². The minimum absolute atomic E-state index is 0.000616. The first-order chi connectivity index (χ1) is 15.8. The molecule has 8 nitrogen and oxygen atoms in total. The van der Waals surface area contributed by atoms with E-state index in [1.807, 2.05) is 19.1 Å². The van der Waals surface area contributed by atoms with Crippen LogP contribution in [0.4, 0.5) is 0 Å². The highest BCUT2D eigenvalue weighted by molar-refractivity contribution is 5.71. The van der Waals surface area contributed by atoms with Gasteiger partial charge in [-0.25, -0.2) is 9.59 Å². The summed E-state index contributed by atoms with van der Waals surface area (Å²) in [6.07, 6.45) is 3.48. The van der Waals surface area contributed by atoms with E-state index in [0.717, 1.165) is 44.1 Å². The number of aliphatic hydroxyl groups is 2. The van der Waals surface area contributed by atoms with Gasteiger partial charge in [0, 0.05) is 0 Å². The molecule has 2 aliphatic carbocycles. The molecule has 1 fully saturated rings. The van der Waals surface area contributed by atoms with Gasteiger partial charge < -0.3 is 29.5 Å². The number of carbonyl (C=O) groups excluding carboxylic acids is 1. The van der Waals surface area contributed by atoms with Crippen LogP contribution in [0.5, 0.6) is 5.75 Å². The Labute approximate surface area is 194 Å². The van der Waals surface area contributed by atoms with Crippen molar-refractivity contribution >= 4 is 11.9 Å². The number of rotatable bonds is 12. The zero-order chi connectivity index (χ0) is 24.0. The summed E-state index contributed by atoms with van der Waals surface area (Å²) >= 11 is 0. The van der Waals surface area contributed by atoms with Crippen molar-refractivity contribution < 1.29 is 39.1 Å². The SMILES string of the molecule is CC[C@H](O)CC[C@@H]1[C@H]2Cc3cccc(OCC(=O)OC(C)COCC(=O)O)c3C[C@H]2C[C@H]1O. The highest BCUT2D eigenvalue weighted by Crippen LogP contribution is 2.48. The van der Waals surface area contributed by atoms with Crippen molar-refractivity contribution in [1.82, 2.24) is 0 Å². The van der Waals surface area contributed by atoms with Crippen LogP contribution in [0, 0.1) is 17.8 Å². The van der Waals surface area contributed by atoms with Gasteiger partial charge in [-0.05, 0) is 80.4 Å². The van der Waals surface area contributed by atoms with E-state index in [0.29, 0.717) is 17.6 Å². The van der Waals surface area contributed by atoms with Crippen molar-refractivity contribution in [2.45, 2.75) is 70.7 Å². The average Bonchev–Trinajstić information content (AvgIpc) is 3.07. The molecule has 0 aromatic heterocycles. The van der Waals surface area contributed by atoms with Gasteiger partial charge in [0.25, 0.3) is 0 Å². The predicted molar refractivity (Wildman–Crippen MR) is 120 cm³/mol. The molecule has 184 valence electrons. The van der Waals surface area contributed by atoms with Crippen molar-refractivity contribution in [2.24, 2.45) is 17.8 Å². The lowest BCUT2D eigenvalue weighted by Gasteiger charge is -2.32. The van der Waals surface area contributed by atoms with Crippen LogP contribution in [-0.2, 0) is 31.9 Å². The van der Waals surface area contributed by atoms with Gasteiger partial charge >= 0.3 is 11.9 Å². The molecule has 0 amide bonds. The first kappa shape index (κ1) is 25.5. The second-order valence-corrected chi connectivity index (χ2v) is 9.33. The minimum atomic E-state index is -1.08. The lowest BCUT2D eigenvalue weighted by molar-refractivity contribution is -0.154. The number of benzene rings is 1. The lowest BCUT2D eigenvalue weighted by atomic mass is 9.73. The number of aliphatic carboxylic acids is 1. The summed E-state index contributed by atoms with van der Waals surface area (Å²) in [5, 5.41) is 29.2. The number of carboxylic acids is 1. The zero-order valence-corrected chi connectivity index (χ0v) is 19.4. The highest BCUT2D eigenvalue weighted by atomic mass is 16.6. The average molecular weight is 465 g/mol. The molecule has 2 aliphatic rings. The molecule has 1 aromatic rings. The first-order valence-electron chi connectivity index (χ1n) is 11.9. The van der Waals surface area contributed by atoms with Crippen LogP contribution in [-0.4, -0.2) is 65.4 Å². The third-order valence-electron chi connectivity index (χ3n) is 6.91. The van der Waals surface area contributed by atoms with Crippen molar-refractivity contribution in [3.63, 3.8) is 0 Å². The fourth-order valence-corrected chi connectivity index (χ4v) is 5.27. The number of fused-ring (bicyclic) bond motifs is 2. The summed E-state index contributed by atoms with van der Waals surface area (Å²) in [5.41, 5.74) is 2.28. The monoisotopic (exact) mass is 464 g/mol. The molecule has 3 N–H and O–H groups in total. The van der Waals surface area contributed by atoms with Crippen molar-refractivity contribution in [2.75, 3.05) is 19.8 Å². The Bertz CT molecular complexity index is 810. The van der Waals surface area contributed by atoms with Gasteiger partial charge in [-0.3, -0.25) is 0 Å². The maximum atomic E-state index is 12.1. The molecular formula is C25H36O8. The standard InChI is InChI=1S/C25H36O8/c1-3-18(26)7-8-19-20-9-16-5-4-6-23(21(16)10-17(20)11-22(19)27)32-14-25(30)33-15(2)12-31-13-24(28)29/h4-6,15,17-20,22,26-27H,3,7-14H2,1-2H3,(H,28,29)/t15?,17-,18-,19+,20-,22+/m0/s1. The molecule has 33 heavy (non-hydrogen) atoms. The van der Waals surface area contributed by atoms with Crippen molar-refractivity contribution in [3.8, 4) is 5.75 Å². The van der Waals surface area contributed by atoms with Gasteiger partial charge in [0.15, 0.2) is 6.61 Å². The summed E-state index contributed by atoms with van der Waals surface area (Å²) in [5.74, 6) is -0.000265. The summed E-state index contributed by atoms with van der Waals surface area (Å²) in [6, 6.07) is 5.86. The number of esters is 1. The number of ether oxygens (including phenoxy) is 3. The Kier molecular flexibility index (Phi) is 9.11. The van der Waals surface area contributed by atoms with Crippen LogP contribution in [0.2, 0.25) is 0 Å². The molecule has 0 aliphatic heterocycles. The van der Waals surface area contributed by atoms with Crippen LogP contribution in [0.25, 0.3) is 0 Å². The van der Waals surface area contributed by atoms with E-state index in [-0.39, 0.29) is 31.3 Å². The third-order valence-corrected chi connectivity index (χ3v) is 6.91. The molecule has 1 saturated carbocycles. The van der Waals surface area contributed by atoms with Gasteiger partial charge in [0.2, 0.25) is 0 Å². The Hall–Kier alpha value is -2.16. The maximum absolute atomic E-state index is 12.1. The Balaban J connectivity index is 1.55. The van der Waals surface area contributed by atoms with E-state index in [9.17, 15) is 19.8 Å². The van der Waals surface area contributed by atoms with Crippen LogP contribution in [0.15, 0.2) is 18.2 Å². The number of hydrogen-bond donors (Lipinski definition) is 3. The minimum Gasteiger partial charge on any atom is -0.482 e. The first-order valence-corrected chi connectivity index (χ1v) is 11.9. The smallest absolute Gasteiger partial charge is 0.344 e. The molecule has 0 heterocycles. The lowest BCUT2D eigenvalue weighted by Crippen LogP contribution is -2.28. The molecule has 0 spiro atoms. The fraction of sp³-hybridized carbons (Fsp3) is 0.680. The second kappa shape index (κ2) is 11.8. The Morgan fingerprint density at radius 1 is 1.21 bits per heavy atom. The summed E-state index contributed by atoms with van der Waals surface area (Å²) in [7, 11) is 0. The van der Waals surface area contributed by atoms with Gasteiger partial charge in [0.05, 0.1) is 18.8 Å². The van der Waals surface area contributed by atoms with E-state index in [1.165, 1.54) is 5.56 Å². The van der Waals surface area contributed by atoms with Crippen LogP contribution >= 0.6 is 0 Å². The molecule has 6 atom stereocenters. The van der Waals surface area contributed by atoms with E-state index < -0.39 is 24.6 Å². The maximum Gasteiger partial charge on any atom is 0.344 e. The van der Waals surface area contributed by atoms with E-state index >= 15 is 0 Å². The van der Waals surface area contributed by atoms with Crippen LogP contribution in [0.1, 0.15) is 50.7 Å². The highest BCUT2D eigenvalue weighted by Gasteiger charge is 2.44. The number of carbonyl (C=O) groups is 2. The van der Waals surface area contributed by atoms with Crippen LogP contribution < -0.4 is 4.74 Å². The summed E-state index contributed by atoms with van der Waals surface area (Å²) < 4.78 is 16.0. The molecule has 0 saturated heterocycles. The van der Waals surface area contributed by atoms with E-state index in [1.54, 1.807) is 6.92 Å². The van der Waals surface area contributed by atoms with Gasteiger partial charge in [0.1, 0.15) is 18.5 Å². The topological polar surface area (TPSA) is 123 Å². The van der Waals surface area contributed by atoms with E-state index in [2.05, 4.69) is 6.07 Å². The molecule has 3 rings (SSSR count). The number of carboxylic acid groups (broad SMARTS) is 1. The van der Waals surface area contributed by atoms with Gasteiger partial charge in [-0.1, -0.05) is 19.1 Å². The number of aliphatic hydroxyl groups excluding tert-OH is 2. The molecular weight excluding hydrogens is 428 g/mol. The Morgan fingerprint density at radius 3 is 2.73 bits per heavy atom. The Morgan fingerprint density at radius 2 is 2.00 bits per heavy atom. The fourth-order valence-electron chi connectivity index (χ4n) is 5.27. The predicted octanol–water partition coefficient (Wildman–Crippen LogP) is 2.36. The third kappa shape index (κ3) is 6.91. The van der Waals surface area contributed by atoms with Crippen molar-refractivity contribution in [1.29, 1.82) is 0 Å². The molecule has 1 aromatic carbocycles. The van der Waals surface area contributed by atoms with Gasteiger partial charge in [-0.15, -0.1) is 0 Å². The summed E-state index contributed by atoms with van der Waals surface area (Å²) in [4.78, 5) is 22.6.